The van der Waals surface area contributed by atoms with Crippen molar-refractivity contribution in [2.24, 2.45) is 0 Å². The van der Waals surface area contributed by atoms with Crippen LogP contribution in [0.5, 0.6) is 0 Å². The normalized spacial score (nSPS) is 17.9. The quantitative estimate of drug-likeness (QED) is 0.795. The molecule has 1 aromatic heterocycles. The number of hydrogen-bond acceptors (Lipinski definition) is 4. The number of pyridine rings is 1. The van der Waals surface area contributed by atoms with E-state index in [4.69, 9.17) is 0 Å². The Morgan fingerprint density at radius 2 is 2.06 bits per heavy atom. The van der Waals surface area contributed by atoms with Gasteiger partial charge in [-0.1, -0.05) is 6.07 Å². The van der Waals surface area contributed by atoms with Crippen LogP contribution in [0.2, 0.25) is 0 Å². The monoisotopic (exact) mass is 256 g/mol. The zero-order chi connectivity index (χ0) is 12.3. The number of anilines is 1. The van der Waals surface area contributed by atoms with Crippen molar-refractivity contribution in [3.63, 3.8) is 0 Å². The Morgan fingerprint density at radius 1 is 1.35 bits per heavy atom. The van der Waals surface area contributed by atoms with E-state index in [1.54, 1.807) is 12.3 Å². The summed E-state index contributed by atoms with van der Waals surface area (Å²) in [4.78, 5) is 4.03. The van der Waals surface area contributed by atoms with E-state index in [2.05, 4.69) is 15.0 Å². The summed E-state index contributed by atoms with van der Waals surface area (Å²) < 4.78 is 27.9. The van der Waals surface area contributed by atoms with Crippen molar-refractivity contribution in [3.8, 4) is 0 Å². The number of aryl methyl sites for hydroxylation is 1. The topological polar surface area (TPSA) is 74.3 Å². The average Bonchev–Trinajstić information content (AvgIpc) is 2.33. The Bertz CT molecular complexity index is 466. The van der Waals surface area contributed by atoms with Crippen molar-refractivity contribution in [2.75, 3.05) is 30.9 Å². The van der Waals surface area contributed by atoms with Crippen LogP contribution in [0.4, 0.5) is 5.82 Å². The Balaban J connectivity index is 2.08. The molecule has 1 aliphatic rings. The number of rotatable bonds is 3. The number of aromatic nitrogens is 1. The summed E-state index contributed by atoms with van der Waals surface area (Å²) in [6.07, 6.45) is 1.63. The molecule has 94 valence electrons. The number of nitrogens with zero attached hydrogens (tertiary/aromatic N) is 2. The van der Waals surface area contributed by atoms with Gasteiger partial charge in [-0.05, 0) is 18.6 Å². The molecule has 2 heterocycles. The Kier molecular flexibility index (Phi) is 3.60. The van der Waals surface area contributed by atoms with Crippen molar-refractivity contribution in [1.82, 2.24) is 14.6 Å². The van der Waals surface area contributed by atoms with Crippen molar-refractivity contribution in [3.05, 3.63) is 23.9 Å². The molecule has 0 amide bonds. The summed E-state index contributed by atoms with van der Waals surface area (Å²) in [6.45, 7) is 4.24. The van der Waals surface area contributed by atoms with Gasteiger partial charge in [0.25, 0.3) is 0 Å². The maximum Gasteiger partial charge on any atom is 0.302 e. The van der Waals surface area contributed by atoms with E-state index in [-0.39, 0.29) is 0 Å². The van der Waals surface area contributed by atoms with Crippen molar-refractivity contribution < 1.29 is 8.42 Å². The minimum absolute atomic E-state index is 0.356. The fourth-order valence-electron chi connectivity index (χ4n) is 1.61. The summed E-state index contributed by atoms with van der Waals surface area (Å²) >= 11 is 0. The smallest absolute Gasteiger partial charge is 0.302 e. The first-order valence-corrected chi connectivity index (χ1v) is 6.93. The number of nitrogens with one attached hydrogen (secondary N) is 2. The van der Waals surface area contributed by atoms with Gasteiger partial charge in [-0.2, -0.15) is 12.7 Å². The van der Waals surface area contributed by atoms with Gasteiger partial charge in [-0.3, -0.25) is 4.72 Å². The van der Waals surface area contributed by atoms with Crippen molar-refractivity contribution in [2.45, 2.75) is 6.92 Å². The first kappa shape index (κ1) is 12.3. The number of piperazine rings is 1. The van der Waals surface area contributed by atoms with Gasteiger partial charge in [0.15, 0.2) is 0 Å². The summed E-state index contributed by atoms with van der Waals surface area (Å²) in [7, 11) is -3.47. The molecule has 2 rings (SSSR count). The fourth-order valence-corrected chi connectivity index (χ4v) is 2.79. The summed E-state index contributed by atoms with van der Waals surface area (Å²) in [6, 6.07) is 3.48. The van der Waals surface area contributed by atoms with Gasteiger partial charge >= 0.3 is 10.2 Å². The maximum absolute atomic E-state index is 12.0. The summed E-state index contributed by atoms with van der Waals surface area (Å²) in [5.41, 5.74) is 0.995. The maximum atomic E-state index is 12.0. The van der Waals surface area contributed by atoms with Gasteiger partial charge in [-0.25, -0.2) is 4.98 Å². The molecule has 1 aliphatic heterocycles. The van der Waals surface area contributed by atoms with E-state index in [1.807, 2.05) is 13.0 Å². The Hall–Kier alpha value is -1.18. The molecule has 17 heavy (non-hydrogen) atoms. The van der Waals surface area contributed by atoms with Crippen LogP contribution in [-0.4, -0.2) is 43.9 Å². The molecule has 1 aromatic rings. The van der Waals surface area contributed by atoms with Gasteiger partial charge in [0.05, 0.1) is 0 Å². The van der Waals surface area contributed by atoms with E-state index < -0.39 is 10.2 Å². The van der Waals surface area contributed by atoms with Crippen LogP contribution in [0, 0.1) is 6.92 Å². The average molecular weight is 256 g/mol. The third-order valence-corrected chi connectivity index (χ3v) is 4.07. The van der Waals surface area contributed by atoms with Crippen LogP contribution in [-0.2, 0) is 10.2 Å². The zero-order valence-corrected chi connectivity index (χ0v) is 10.5. The lowest BCUT2D eigenvalue weighted by Crippen LogP contribution is -2.48. The molecule has 7 heteroatoms. The molecule has 0 bridgehead atoms. The molecule has 1 fully saturated rings. The van der Waals surface area contributed by atoms with Crippen molar-refractivity contribution >= 4 is 16.0 Å². The lowest BCUT2D eigenvalue weighted by molar-refractivity contribution is 0.362. The van der Waals surface area contributed by atoms with Crippen LogP contribution in [0.15, 0.2) is 18.3 Å². The molecule has 0 aliphatic carbocycles. The molecular weight excluding hydrogens is 240 g/mol. The van der Waals surface area contributed by atoms with Crippen molar-refractivity contribution in [1.29, 1.82) is 0 Å². The fraction of sp³-hybridized carbons (Fsp3) is 0.500. The third kappa shape index (κ3) is 3.15. The van der Waals surface area contributed by atoms with Gasteiger partial charge in [0.1, 0.15) is 5.82 Å². The highest BCUT2D eigenvalue weighted by molar-refractivity contribution is 7.90. The van der Waals surface area contributed by atoms with Gasteiger partial charge < -0.3 is 5.32 Å². The Labute approximate surface area is 101 Å². The van der Waals surface area contributed by atoms with E-state index in [9.17, 15) is 8.42 Å². The highest BCUT2D eigenvalue weighted by Crippen LogP contribution is 2.09. The predicted octanol–water partition coefficient (Wildman–Crippen LogP) is -0.0481. The van der Waals surface area contributed by atoms with E-state index in [0.717, 1.165) is 5.56 Å². The van der Waals surface area contributed by atoms with E-state index >= 15 is 0 Å². The lowest BCUT2D eigenvalue weighted by Gasteiger charge is -2.26. The molecule has 0 radical (unpaired) electrons. The molecule has 0 spiro atoms. The molecule has 6 nitrogen and oxygen atoms in total. The minimum Gasteiger partial charge on any atom is -0.314 e. The second kappa shape index (κ2) is 4.99. The molecule has 0 saturated carbocycles. The number of hydrogen-bond donors (Lipinski definition) is 2. The van der Waals surface area contributed by atoms with E-state index in [1.165, 1.54) is 4.31 Å². The van der Waals surface area contributed by atoms with Crippen LogP contribution in [0.1, 0.15) is 5.56 Å². The molecule has 0 atom stereocenters. The summed E-state index contributed by atoms with van der Waals surface area (Å²) in [5.74, 6) is 0.356. The van der Waals surface area contributed by atoms with Crippen LogP contribution in [0.3, 0.4) is 0 Å². The van der Waals surface area contributed by atoms with E-state index in [0.29, 0.717) is 32.0 Å². The first-order chi connectivity index (χ1) is 8.08. The largest absolute Gasteiger partial charge is 0.314 e. The van der Waals surface area contributed by atoms with Crippen LogP contribution in [0.25, 0.3) is 0 Å². The second-order valence-corrected chi connectivity index (χ2v) is 5.65. The highest BCUT2D eigenvalue weighted by atomic mass is 32.2. The second-order valence-electron chi connectivity index (χ2n) is 3.98. The molecule has 2 N–H and O–H groups in total. The molecule has 1 saturated heterocycles. The van der Waals surface area contributed by atoms with Crippen LogP contribution < -0.4 is 10.0 Å². The summed E-state index contributed by atoms with van der Waals surface area (Å²) in [5, 5.41) is 3.11. The SMILES string of the molecule is Cc1ccc(NS(=O)(=O)N2CCNCC2)nc1. The minimum atomic E-state index is -3.47. The first-order valence-electron chi connectivity index (χ1n) is 5.49. The highest BCUT2D eigenvalue weighted by Gasteiger charge is 2.23. The van der Waals surface area contributed by atoms with Gasteiger partial charge in [0, 0.05) is 32.4 Å². The third-order valence-electron chi connectivity index (χ3n) is 2.56. The van der Waals surface area contributed by atoms with Crippen LogP contribution >= 0.6 is 0 Å². The Morgan fingerprint density at radius 3 is 2.65 bits per heavy atom. The molecule has 0 aromatic carbocycles. The van der Waals surface area contributed by atoms with Gasteiger partial charge in [-0.15, -0.1) is 0 Å². The predicted molar refractivity (Wildman–Crippen MR) is 66.0 cm³/mol. The standard InChI is InChI=1S/C10H16N4O2S/c1-9-2-3-10(12-8-9)13-17(15,16)14-6-4-11-5-7-14/h2-3,8,11H,4-7H2,1H3,(H,12,13). The zero-order valence-electron chi connectivity index (χ0n) is 9.68. The molecular formula is C10H16N4O2S. The van der Waals surface area contributed by atoms with Gasteiger partial charge in [0.2, 0.25) is 0 Å². The lowest BCUT2D eigenvalue weighted by atomic mass is 10.3. The molecule has 0 unspecified atom stereocenters.